The fourth-order valence-electron chi connectivity index (χ4n) is 1.07. The summed E-state index contributed by atoms with van der Waals surface area (Å²) in [5.41, 5.74) is -0.172. The van der Waals surface area contributed by atoms with E-state index in [4.69, 9.17) is 4.74 Å². The van der Waals surface area contributed by atoms with Crippen LogP contribution in [0.2, 0.25) is 0 Å². The Morgan fingerprint density at radius 3 is 3.00 bits per heavy atom. The van der Waals surface area contributed by atoms with Crippen molar-refractivity contribution in [1.82, 2.24) is 9.97 Å². The van der Waals surface area contributed by atoms with Crippen LogP contribution in [0.15, 0.2) is 17.4 Å². The van der Waals surface area contributed by atoms with Gasteiger partial charge >= 0.3 is 5.97 Å². The van der Waals surface area contributed by atoms with Gasteiger partial charge in [0.15, 0.2) is 5.82 Å². The van der Waals surface area contributed by atoms with Gasteiger partial charge < -0.3 is 14.9 Å². The number of rotatable bonds is 6. The first-order valence-corrected chi connectivity index (χ1v) is 5.04. The Labute approximate surface area is 103 Å². The lowest BCUT2D eigenvalue weighted by molar-refractivity contribution is -0.135. The molecule has 0 saturated carbocycles. The second-order valence-corrected chi connectivity index (χ2v) is 2.87. The van der Waals surface area contributed by atoms with E-state index in [1.807, 2.05) is 0 Å². The van der Waals surface area contributed by atoms with Crippen LogP contribution in [0.25, 0.3) is 0 Å². The lowest BCUT2D eigenvalue weighted by Gasteiger charge is -2.05. The number of oxime groups is 1. The molecular formula is C10H12N4O4. The molecule has 0 aliphatic heterocycles. The topological polar surface area (TPSA) is 103 Å². The van der Waals surface area contributed by atoms with Gasteiger partial charge in [-0.15, -0.1) is 0 Å². The number of esters is 1. The van der Waals surface area contributed by atoms with Crippen LogP contribution < -0.4 is 5.32 Å². The second-order valence-electron chi connectivity index (χ2n) is 2.87. The molecule has 96 valence electrons. The molecule has 0 atom stereocenters. The molecule has 1 aromatic rings. The Kier molecular flexibility index (Phi) is 5.23. The van der Waals surface area contributed by atoms with Gasteiger partial charge in [0.1, 0.15) is 12.9 Å². The van der Waals surface area contributed by atoms with E-state index in [0.717, 1.165) is 0 Å². The predicted molar refractivity (Wildman–Crippen MR) is 61.9 cm³/mol. The Balaban J connectivity index is 3.06. The molecule has 1 N–H and O–H groups in total. The minimum absolute atomic E-state index is 0.00199. The summed E-state index contributed by atoms with van der Waals surface area (Å²) in [6.07, 6.45) is 1.84. The Bertz CT molecular complexity index is 461. The minimum atomic E-state index is -0.706. The molecule has 1 heterocycles. The molecule has 1 amide bonds. The number of anilines is 1. The van der Waals surface area contributed by atoms with E-state index in [9.17, 15) is 9.59 Å². The normalized spacial score (nSPS) is 10.7. The standard InChI is InChI=1S/C10H12N4O4/c1-3-18-10(16)8(14-17-2)9-11-5-4-7(13-9)12-6-15/h4-6H,3H2,1-2H3,(H,11,12,13,15)/b14-8-. The number of hydrogen-bond donors (Lipinski definition) is 1. The molecule has 0 aromatic carbocycles. The van der Waals surface area contributed by atoms with E-state index in [2.05, 4.69) is 25.3 Å². The van der Waals surface area contributed by atoms with E-state index in [1.165, 1.54) is 19.4 Å². The van der Waals surface area contributed by atoms with Crippen LogP contribution in [0.4, 0.5) is 5.82 Å². The highest BCUT2D eigenvalue weighted by atomic mass is 16.6. The van der Waals surface area contributed by atoms with E-state index < -0.39 is 5.97 Å². The van der Waals surface area contributed by atoms with E-state index in [1.54, 1.807) is 6.92 Å². The summed E-state index contributed by atoms with van der Waals surface area (Å²) in [4.78, 5) is 34.2. The van der Waals surface area contributed by atoms with Crippen molar-refractivity contribution in [3.05, 3.63) is 18.1 Å². The number of aromatic nitrogens is 2. The molecule has 0 spiro atoms. The quantitative estimate of drug-likeness (QED) is 0.330. The maximum absolute atomic E-state index is 11.6. The highest BCUT2D eigenvalue weighted by Gasteiger charge is 2.19. The predicted octanol–water partition coefficient (Wildman–Crippen LogP) is -0.0415. The first-order valence-electron chi connectivity index (χ1n) is 5.04. The fourth-order valence-corrected chi connectivity index (χ4v) is 1.07. The SMILES string of the molecule is CCOC(=O)/C(=N\OC)c1nccc(NC=O)n1. The van der Waals surface area contributed by atoms with Gasteiger partial charge in [0.2, 0.25) is 12.1 Å². The first kappa shape index (κ1) is 13.6. The fraction of sp³-hybridized carbons (Fsp3) is 0.300. The molecule has 18 heavy (non-hydrogen) atoms. The third kappa shape index (κ3) is 3.51. The lowest BCUT2D eigenvalue weighted by atomic mass is 10.3. The Morgan fingerprint density at radius 2 is 2.39 bits per heavy atom. The molecule has 0 radical (unpaired) electrons. The third-order valence-corrected chi connectivity index (χ3v) is 1.73. The Hall–Kier alpha value is -2.51. The van der Waals surface area contributed by atoms with Gasteiger partial charge in [0.25, 0.3) is 0 Å². The molecular weight excluding hydrogens is 240 g/mol. The maximum Gasteiger partial charge on any atom is 0.364 e. The summed E-state index contributed by atoms with van der Waals surface area (Å²) < 4.78 is 4.79. The molecule has 0 fully saturated rings. The largest absolute Gasteiger partial charge is 0.461 e. The molecule has 8 heteroatoms. The zero-order valence-corrected chi connectivity index (χ0v) is 9.91. The average Bonchev–Trinajstić information content (AvgIpc) is 2.37. The van der Waals surface area contributed by atoms with Crippen LogP contribution in [0.5, 0.6) is 0 Å². The van der Waals surface area contributed by atoms with Crippen LogP contribution in [0.3, 0.4) is 0 Å². The van der Waals surface area contributed by atoms with Crippen LogP contribution in [-0.4, -0.2) is 41.8 Å². The van der Waals surface area contributed by atoms with Crippen molar-refractivity contribution in [2.75, 3.05) is 19.0 Å². The zero-order valence-electron chi connectivity index (χ0n) is 9.91. The van der Waals surface area contributed by atoms with E-state index in [-0.39, 0.29) is 24.0 Å². The first-order chi connectivity index (χ1) is 8.72. The van der Waals surface area contributed by atoms with Gasteiger partial charge in [-0.25, -0.2) is 14.8 Å². The lowest BCUT2D eigenvalue weighted by Crippen LogP contribution is -2.22. The van der Waals surface area contributed by atoms with Crippen molar-refractivity contribution >= 4 is 23.9 Å². The molecule has 0 aliphatic rings. The van der Waals surface area contributed by atoms with Gasteiger partial charge in [-0.3, -0.25) is 4.79 Å². The third-order valence-electron chi connectivity index (χ3n) is 1.73. The van der Waals surface area contributed by atoms with Crippen LogP contribution in [0.1, 0.15) is 12.7 Å². The number of carbonyl (C=O) groups is 2. The van der Waals surface area contributed by atoms with E-state index >= 15 is 0 Å². The molecule has 1 aromatic heterocycles. The molecule has 0 bridgehead atoms. The van der Waals surface area contributed by atoms with Gasteiger partial charge in [-0.2, -0.15) is 0 Å². The smallest absolute Gasteiger partial charge is 0.364 e. The van der Waals surface area contributed by atoms with Gasteiger partial charge in [-0.1, -0.05) is 5.16 Å². The van der Waals surface area contributed by atoms with Crippen LogP contribution in [0, 0.1) is 0 Å². The minimum Gasteiger partial charge on any atom is -0.461 e. The number of amides is 1. The molecule has 0 saturated heterocycles. The number of nitrogens with zero attached hydrogens (tertiary/aromatic N) is 3. The number of nitrogens with one attached hydrogen (secondary N) is 1. The second kappa shape index (κ2) is 6.94. The van der Waals surface area contributed by atoms with Crippen molar-refractivity contribution in [1.29, 1.82) is 0 Å². The summed E-state index contributed by atoms with van der Waals surface area (Å²) in [7, 11) is 1.28. The number of hydrogen-bond acceptors (Lipinski definition) is 7. The summed E-state index contributed by atoms with van der Waals surface area (Å²) >= 11 is 0. The van der Waals surface area contributed by atoms with Crippen molar-refractivity contribution in [2.24, 2.45) is 5.16 Å². The highest BCUT2D eigenvalue weighted by molar-refractivity contribution is 6.42. The monoisotopic (exact) mass is 252 g/mol. The van der Waals surface area contributed by atoms with Crippen LogP contribution in [-0.2, 0) is 19.2 Å². The number of carbonyl (C=O) groups excluding carboxylic acids is 2. The van der Waals surface area contributed by atoms with Gasteiger partial charge in [0, 0.05) is 6.20 Å². The maximum atomic E-state index is 11.6. The summed E-state index contributed by atoms with van der Waals surface area (Å²) in [5, 5.41) is 5.85. The molecule has 8 nitrogen and oxygen atoms in total. The van der Waals surface area contributed by atoms with E-state index in [0.29, 0.717) is 6.41 Å². The van der Waals surface area contributed by atoms with Crippen molar-refractivity contribution < 1.29 is 19.2 Å². The van der Waals surface area contributed by atoms with Crippen LogP contribution >= 0.6 is 0 Å². The van der Waals surface area contributed by atoms with Gasteiger partial charge in [0.05, 0.1) is 6.61 Å². The van der Waals surface area contributed by atoms with Crippen molar-refractivity contribution in [3.8, 4) is 0 Å². The van der Waals surface area contributed by atoms with Gasteiger partial charge in [-0.05, 0) is 13.0 Å². The molecule has 1 rings (SSSR count). The summed E-state index contributed by atoms with van der Waals surface area (Å²) in [6.45, 7) is 1.85. The zero-order chi connectivity index (χ0) is 13.4. The summed E-state index contributed by atoms with van der Waals surface area (Å²) in [6, 6.07) is 1.47. The average molecular weight is 252 g/mol. The Morgan fingerprint density at radius 1 is 1.61 bits per heavy atom. The van der Waals surface area contributed by atoms with Crippen molar-refractivity contribution in [3.63, 3.8) is 0 Å². The van der Waals surface area contributed by atoms with Crippen molar-refractivity contribution in [2.45, 2.75) is 6.92 Å². The highest BCUT2D eigenvalue weighted by Crippen LogP contribution is 2.03. The molecule has 0 aliphatic carbocycles. The summed E-state index contributed by atoms with van der Waals surface area (Å²) in [5.74, 6) is -0.465. The molecule has 0 unspecified atom stereocenters. The number of ether oxygens (including phenoxy) is 1.